The smallest absolute Gasteiger partial charge is 0.411 e. The highest BCUT2D eigenvalue weighted by Gasteiger charge is 2.37. The molecule has 24 heavy (non-hydrogen) atoms. The SMILES string of the molecule is CC(C)(C)OC(=O)N1CSC[C@H]1C(=O)Nc1ccc(CC#N)cc1. The number of nitriles is 1. The van der Waals surface area contributed by atoms with Gasteiger partial charge in [-0.2, -0.15) is 5.26 Å². The zero-order chi connectivity index (χ0) is 17.7. The molecule has 0 aliphatic carbocycles. The number of hydrogen-bond donors (Lipinski definition) is 1. The van der Waals surface area contributed by atoms with Crippen LogP contribution in [-0.4, -0.2) is 40.2 Å². The van der Waals surface area contributed by atoms with Gasteiger partial charge in [0.2, 0.25) is 5.91 Å². The molecule has 128 valence electrons. The minimum atomic E-state index is -0.595. The number of benzene rings is 1. The van der Waals surface area contributed by atoms with E-state index in [1.807, 2.05) is 0 Å². The van der Waals surface area contributed by atoms with Crippen LogP contribution in [0.5, 0.6) is 0 Å². The van der Waals surface area contributed by atoms with Gasteiger partial charge in [0, 0.05) is 11.4 Å². The quantitative estimate of drug-likeness (QED) is 0.909. The molecule has 0 unspecified atom stereocenters. The molecule has 1 aliphatic heterocycles. The summed E-state index contributed by atoms with van der Waals surface area (Å²) < 4.78 is 5.36. The van der Waals surface area contributed by atoms with Crippen LogP contribution in [0.3, 0.4) is 0 Å². The predicted octanol–water partition coefficient (Wildman–Crippen LogP) is 3.00. The van der Waals surface area contributed by atoms with Crippen LogP contribution in [0, 0.1) is 11.3 Å². The minimum absolute atomic E-state index is 0.237. The van der Waals surface area contributed by atoms with Crippen molar-refractivity contribution in [2.75, 3.05) is 16.9 Å². The fourth-order valence-electron chi connectivity index (χ4n) is 2.18. The van der Waals surface area contributed by atoms with Gasteiger partial charge in [0.25, 0.3) is 0 Å². The number of rotatable bonds is 3. The third-order valence-corrected chi connectivity index (χ3v) is 4.33. The minimum Gasteiger partial charge on any atom is -0.444 e. The molecular formula is C17H21N3O3S. The topological polar surface area (TPSA) is 82.4 Å². The summed E-state index contributed by atoms with van der Waals surface area (Å²) in [6.07, 6.45) is -0.142. The lowest BCUT2D eigenvalue weighted by Gasteiger charge is -2.27. The highest BCUT2D eigenvalue weighted by molar-refractivity contribution is 7.99. The summed E-state index contributed by atoms with van der Waals surface area (Å²) in [4.78, 5) is 26.2. The molecule has 1 N–H and O–H groups in total. The first kappa shape index (κ1) is 18.1. The molecule has 0 saturated carbocycles. The fraction of sp³-hybridized carbons (Fsp3) is 0.471. The summed E-state index contributed by atoms with van der Waals surface area (Å²) in [6.45, 7) is 5.39. The third-order valence-electron chi connectivity index (χ3n) is 3.32. The summed E-state index contributed by atoms with van der Waals surface area (Å²) in [5.41, 5.74) is 0.937. The van der Waals surface area contributed by atoms with E-state index >= 15 is 0 Å². The van der Waals surface area contributed by atoms with Gasteiger partial charge in [-0.25, -0.2) is 4.79 Å². The van der Waals surface area contributed by atoms with Gasteiger partial charge in [0.15, 0.2) is 0 Å². The van der Waals surface area contributed by atoms with Crippen LogP contribution in [0.25, 0.3) is 0 Å². The lowest BCUT2D eigenvalue weighted by Crippen LogP contribution is -2.46. The van der Waals surface area contributed by atoms with Crippen molar-refractivity contribution in [2.45, 2.75) is 38.8 Å². The first-order chi connectivity index (χ1) is 11.3. The van der Waals surface area contributed by atoms with E-state index in [1.54, 1.807) is 45.0 Å². The average molecular weight is 347 g/mol. The molecule has 1 aromatic carbocycles. The number of amides is 2. The number of anilines is 1. The van der Waals surface area contributed by atoms with Crippen molar-refractivity contribution in [3.8, 4) is 6.07 Å². The van der Waals surface area contributed by atoms with Gasteiger partial charge in [0.1, 0.15) is 11.6 Å². The molecule has 2 amide bonds. The molecule has 0 aromatic heterocycles. The van der Waals surface area contributed by atoms with Crippen molar-refractivity contribution in [3.05, 3.63) is 29.8 Å². The number of carbonyl (C=O) groups excluding carboxylic acids is 2. The van der Waals surface area contributed by atoms with Crippen LogP contribution in [-0.2, 0) is 16.0 Å². The van der Waals surface area contributed by atoms with Crippen molar-refractivity contribution < 1.29 is 14.3 Å². The number of nitrogens with one attached hydrogen (secondary N) is 1. The second-order valence-corrected chi connectivity index (χ2v) is 7.49. The molecule has 1 aliphatic rings. The van der Waals surface area contributed by atoms with Gasteiger partial charge >= 0.3 is 6.09 Å². The number of ether oxygens (including phenoxy) is 1. The number of thioether (sulfide) groups is 1. The van der Waals surface area contributed by atoms with Crippen molar-refractivity contribution >= 4 is 29.4 Å². The summed E-state index contributed by atoms with van der Waals surface area (Å²) in [7, 11) is 0. The molecule has 0 radical (unpaired) electrons. The summed E-state index contributed by atoms with van der Waals surface area (Å²) >= 11 is 1.52. The molecule has 7 heteroatoms. The van der Waals surface area contributed by atoms with Gasteiger partial charge in [-0.1, -0.05) is 12.1 Å². The largest absolute Gasteiger partial charge is 0.444 e. The molecule has 2 rings (SSSR count). The summed E-state index contributed by atoms with van der Waals surface area (Å²) in [5.74, 6) is 0.741. The first-order valence-electron chi connectivity index (χ1n) is 7.64. The van der Waals surface area contributed by atoms with E-state index in [2.05, 4.69) is 11.4 Å². The van der Waals surface area contributed by atoms with Crippen LogP contribution in [0.4, 0.5) is 10.5 Å². The fourth-order valence-corrected chi connectivity index (χ4v) is 3.33. The molecule has 1 saturated heterocycles. The second kappa shape index (κ2) is 7.58. The van der Waals surface area contributed by atoms with Gasteiger partial charge in [-0.05, 0) is 38.5 Å². The van der Waals surface area contributed by atoms with Crippen molar-refractivity contribution in [1.82, 2.24) is 4.90 Å². The van der Waals surface area contributed by atoms with Gasteiger partial charge < -0.3 is 10.1 Å². The van der Waals surface area contributed by atoms with Crippen molar-refractivity contribution in [3.63, 3.8) is 0 Å². The first-order valence-corrected chi connectivity index (χ1v) is 8.80. The van der Waals surface area contributed by atoms with Gasteiger partial charge in [-0.15, -0.1) is 11.8 Å². The molecule has 6 nitrogen and oxygen atoms in total. The number of hydrogen-bond acceptors (Lipinski definition) is 5. The zero-order valence-corrected chi connectivity index (χ0v) is 14.9. The number of nitrogens with zero attached hydrogens (tertiary/aromatic N) is 2. The lowest BCUT2D eigenvalue weighted by atomic mass is 10.1. The van der Waals surface area contributed by atoms with Crippen molar-refractivity contribution in [2.24, 2.45) is 0 Å². The lowest BCUT2D eigenvalue weighted by molar-refractivity contribution is -0.120. The van der Waals surface area contributed by atoms with E-state index in [0.29, 0.717) is 23.7 Å². The standard InChI is InChI=1S/C17H21N3O3S/c1-17(2,3)23-16(22)20-11-24-10-14(20)15(21)19-13-6-4-12(5-7-13)8-9-18/h4-7,14H,8,10-11H2,1-3H3,(H,19,21)/t14-/m0/s1. The molecule has 1 heterocycles. The molecular weight excluding hydrogens is 326 g/mol. The van der Waals surface area contributed by atoms with E-state index in [1.165, 1.54) is 16.7 Å². The zero-order valence-electron chi connectivity index (χ0n) is 14.0. The van der Waals surface area contributed by atoms with Crippen LogP contribution in [0.1, 0.15) is 26.3 Å². The van der Waals surface area contributed by atoms with E-state index in [-0.39, 0.29) is 5.91 Å². The number of carbonyl (C=O) groups is 2. The van der Waals surface area contributed by atoms with Crippen LogP contribution >= 0.6 is 11.8 Å². The summed E-state index contributed by atoms with van der Waals surface area (Å²) in [6, 6.07) is 8.63. The Labute approximate surface area is 146 Å². The Morgan fingerprint density at radius 2 is 2.04 bits per heavy atom. The Balaban J connectivity index is 2.00. The highest BCUT2D eigenvalue weighted by atomic mass is 32.2. The van der Waals surface area contributed by atoms with Crippen LogP contribution in [0.15, 0.2) is 24.3 Å². The average Bonchev–Trinajstić information content (AvgIpc) is 2.97. The predicted molar refractivity (Wildman–Crippen MR) is 93.6 cm³/mol. The third kappa shape index (κ3) is 4.90. The maximum atomic E-state index is 12.5. The Kier molecular flexibility index (Phi) is 5.73. The van der Waals surface area contributed by atoms with Gasteiger partial charge in [0.05, 0.1) is 18.4 Å². The normalized spacial score (nSPS) is 17.2. The second-order valence-electron chi connectivity index (χ2n) is 6.49. The van der Waals surface area contributed by atoms with Gasteiger partial charge in [-0.3, -0.25) is 9.69 Å². The Hall–Kier alpha value is -2.20. The monoisotopic (exact) mass is 347 g/mol. The Bertz CT molecular complexity index is 647. The highest BCUT2D eigenvalue weighted by Crippen LogP contribution is 2.24. The van der Waals surface area contributed by atoms with E-state index in [0.717, 1.165) is 5.56 Å². The Morgan fingerprint density at radius 1 is 1.38 bits per heavy atom. The molecule has 0 bridgehead atoms. The summed E-state index contributed by atoms with van der Waals surface area (Å²) in [5, 5.41) is 11.5. The molecule has 0 spiro atoms. The van der Waals surface area contributed by atoms with Crippen molar-refractivity contribution in [1.29, 1.82) is 5.26 Å². The van der Waals surface area contributed by atoms with E-state index in [4.69, 9.17) is 10.00 Å². The maximum absolute atomic E-state index is 12.5. The van der Waals surface area contributed by atoms with E-state index < -0.39 is 17.7 Å². The van der Waals surface area contributed by atoms with Crippen LogP contribution in [0.2, 0.25) is 0 Å². The van der Waals surface area contributed by atoms with E-state index in [9.17, 15) is 9.59 Å². The molecule has 1 atom stereocenters. The van der Waals surface area contributed by atoms with Crippen LogP contribution < -0.4 is 5.32 Å². The Morgan fingerprint density at radius 3 is 2.62 bits per heavy atom. The molecule has 1 fully saturated rings. The molecule has 1 aromatic rings. The maximum Gasteiger partial charge on any atom is 0.411 e.